The number of esters is 1. The van der Waals surface area contributed by atoms with Crippen molar-refractivity contribution in [3.8, 4) is 11.8 Å². The average Bonchev–Trinajstić information content (AvgIpc) is 2.28. The van der Waals surface area contributed by atoms with E-state index in [-0.39, 0.29) is 6.61 Å². The van der Waals surface area contributed by atoms with Crippen LogP contribution in [0.1, 0.15) is 18.1 Å². The van der Waals surface area contributed by atoms with E-state index in [4.69, 9.17) is 0 Å². The van der Waals surface area contributed by atoms with Gasteiger partial charge in [0.15, 0.2) is 0 Å². The summed E-state index contributed by atoms with van der Waals surface area (Å²) in [6.07, 6.45) is -1.38. The normalized spacial score (nSPS) is 11.2. The highest BCUT2D eigenvalue weighted by molar-refractivity contribution is 5.78. The van der Waals surface area contributed by atoms with Gasteiger partial charge in [0.25, 0.3) is 0 Å². The van der Waals surface area contributed by atoms with E-state index >= 15 is 0 Å². The van der Waals surface area contributed by atoms with Gasteiger partial charge < -0.3 is 9.84 Å². The van der Waals surface area contributed by atoms with Crippen LogP contribution in [0.5, 0.6) is 0 Å². The smallest absolute Gasteiger partial charge is 0.347 e. The van der Waals surface area contributed by atoms with Crippen LogP contribution in [0.15, 0.2) is 24.3 Å². The van der Waals surface area contributed by atoms with Crippen LogP contribution in [0, 0.1) is 18.8 Å². The minimum Gasteiger partial charge on any atom is -0.463 e. The molecule has 0 fully saturated rings. The zero-order valence-corrected chi connectivity index (χ0v) is 9.36. The van der Waals surface area contributed by atoms with Crippen LogP contribution < -0.4 is 0 Å². The number of carbonyl (C=O) groups excluding carboxylic acids is 1. The number of hydrogen-bond acceptors (Lipinski definition) is 3. The molecule has 1 atom stereocenters. The Balaban J connectivity index is 2.75. The molecule has 3 heteroatoms. The zero-order valence-electron chi connectivity index (χ0n) is 9.36. The second-order valence-corrected chi connectivity index (χ2v) is 3.24. The maximum Gasteiger partial charge on any atom is 0.347 e. The number of aryl methyl sites for hydroxylation is 1. The van der Waals surface area contributed by atoms with Crippen molar-refractivity contribution in [2.45, 2.75) is 20.0 Å². The number of aliphatic hydroxyl groups excluding tert-OH is 1. The Kier molecular flexibility index (Phi) is 4.56. The van der Waals surface area contributed by atoms with Gasteiger partial charge in [0, 0.05) is 5.56 Å². The summed E-state index contributed by atoms with van der Waals surface area (Å²) in [6.45, 7) is 3.84. The standard InChI is InChI=1S/C13H14O3/c1-3-16-13(15)12(14)9-8-11-7-5-4-6-10(11)2/h4-7,12,14H,3H2,1-2H3/t12-/m0/s1. The quantitative estimate of drug-likeness (QED) is 0.600. The molecular weight excluding hydrogens is 204 g/mol. The second kappa shape index (κ2) is 5.94. The minimum atomic E-state index is -1.38. The molecule has 0 unspecified atom stereocenters. The van der Waals surface area contributed by atoms with Crippen LogP contribution in [0.4, 0.5) is 0 Å². The Morgan fingerprint density at radius 3 is 2.81 bits per heavy atom. The fourth-order valence-electron chi connectivity index (χ4n) is 1.14. The van der Waals surface area contributed by atoms with Crippen molar-refractivity contribution in [1.82, 2.24) is 0 Å². The molecule has 0 aliphatic carbocycles. The fourth-order valence-corrected chi connectivity index (χ4v) is 1.14. The molecule has 0 saturated carbocycles. The third-order valence-corrected chi connectivity index (χ3v) is 2.00. The monoisotopic (exact) mass is 218 g/mol. The van der Waals surface area contributed by atoms with E-state index in [1.807, 2.05) is 31.2 Å². The molecule has 1 N–H and O–H groups in total. The number of ether oxygens (including phenoxy) is 1. The lowest BCUT2D eigenvalue weighted by Crippen LogP contribution is -2.21. The molecule has 0 aromatic heterocycles. The van der Waals surface area contributed by atoms with Crippen molar-refractivity contribution < 1.29 is 14.6 Å². The van der Waals surface area contributed by atoms with E-state index < -0.39 is 12.1 Å². The molecule has 0 bridgehead atoms. The Labute approximate surface area is 95.1 Å². The summed E-state index contributed by atoms with van der Waals surface area (Å²) in [5.74, 6) is 4.50. The van der Waals surface area contributed by atoms with Gasteiger partial charge in [0.05, 0.1) is 6.61 Å². The van der Waals surface area contributed by atoms with Gasteiger partial charge in [-0.25, -0.2) is 4.79 Å². The maximum atomic E-state index is 11.1. The van der Waals surface area contributed by atoms with E-state index in [0.29, 0.717) is 0 Å². The summed E-state index contributed by atoms with van der Waals surface area (Å²) in [6, 6.07) is 7.51. The summed E-state index contributed by atoms with van der Waals surface area (Å²) in [4.78, 5) is 11.1. The number of carbonyl (C=O) groups is 1. The number of hydrogen-bond donors (Lipinski definition) is 1. The molecule has 0 radical (unpaired) electrons. The number of rotatable bonds is 2. The predicted molar refractivity (Wildman–Crippen MR) is 60.7 cm³/mol. The van der Waals surface area contributed by atoms with Crippen LogP contribution in [0.2, 0.25) is 0 Å². The van der Waals surface area contributed by atoms with Gasteiger partial charge in [-0.05, 0) is 25.5 Å². The molecule has 84 valence electrons. The van der Waals surface area contributed by atoms with Crippen molar-refractivity contribution in [2.75, 3.05) is 6.61 Å². The van der Waals surface area contributed by atoms with Gasteiger partial charge in [0.1, 0.15) is 0 Å². The van der Waals surface area contributed by atoms with Crippen molar-refractivity contribution in [3.05, 3.63) is 35.4 Å². The van der Waals surface area contributed by atoms with Crippen LogP contribution in [-0.4, -0.2) is 23.8 Å². The van der Waals surface area contributed by atoms with Crippen molar-refractivity contribution >= 4 is 5.97 Å². The summed E-state index contributed by atoms with van der Waals surface area (Å²) in [7, 11) is 0. The van der Waals surface area contributed by atoms with E-state index in [1.165, 1.54) is 0 Å². The van der Waals surface area contributed by atoms with E-state index in [0.717, 1.165) is 11.1 Å². The molecule has 3 nitrogen and oxygen atoms in total. The first-order valence-electron chi connectivity index (χ1n) is 5.07. The highest BCUT2D eigenvalue weighted by Gasteiger charge is 2.11. The molecule has 1 aromatic carbocycles. The second-order valence-electron chi connectivity index (χ2n) is 3.24. The molecular formula is C13H14O3. The Morgan fingerprint density at radius 2 is 2.19 bits per heavy atom. The van der Waals surface area contributed by atoms with Crippen LogP contribution >= 0.6 is 0 Å². The summed E-state index contributed by atoms with van der Waals surface area (Å²) >= 11 is 0. The highest BCUT2D eigenvalue weighted by Crippen LogP contribution is 2.04. The maximum absolute atomic E-state index is 11.1. The Hall–Kier alpha value is -1.79. The lowest BCUT2D eigenvalue weighted by molar-refractivity contribution is -0.149. The molecule has 0 spiro atoms. The Morgan fingerprint density at radius 1 is 1.50 bits per heavy atom. The van der Waals surface area contributed by atoms with Gasteiger partial charge in [0.2, 0.25) is 6.10 Å². The largest absolute Gasteiger partial charge is 0.463 e. The topological polar surface area (TPSA) is 46.5 Å². The van der Waals surface area contributed by atoms with Gasteiger partial charge in [-0.15, -0.1) is 0 Å². The van der Waals surface area contributed by atoms with Gasteiger partial charge in [-0.2, -0.15) is 0 Å². The fraction of sp³-hybridized carbons (Fsp3) is 0.308. The molecule has 0 aliphatic heterocycles. The van der Waals surface area contributed by atoms with E-state index in [9.17, 15) is 9.90 Å². The first-order chi connectivity index (χ1) is 7.65. The summed E-state index contributed by atoms with van der Waals surface area (Å²) in [5, 5.41) is 9.35. The molecule has 1 rings (SSSR count). The van der Waals surface area contributed by atoms with Crippen molar-refractivity contribution in [2.24, 2.45) is 0 Å². The molecule has 0 amide bonds. The molecule has 0 saturated heterocycles. The van der Waals surface area contributed by atoms with Crippen LogP contribution in [-0.2, 0) is 9.53 Å². The average molecular weight is 218 g/mol. The van der Waals surface area contributed by atoms with Crippen LogP contribution in [0.3, 0.4) is 0 Å². The Bertz CT molecular complexity index is 426. The third kappa shape index (κ3) is 3.41. The van der Waals surface area contributed by atoms with E-state index in [1.54, 1.807) is 6.92 Å². The zero-order chi connectivity index (χ0) is 12.0. The van der Waals surface area contributed by atoms with E-state index in [2.05, 4.69) is 16.6 Å². The van der Waals surface area contributed by atoms with Gasteiger partial charge in [-0.1, -0.05) is 30.0 Å². The molecule has 0 heterocycles. The molecule has 16 heavy (non-hydrogen) atoms. The van der Waals surface area contributed by atoms with Gasteiger partial charge in [-0.3, -0.25) is 0 Å². The predicted octanol–water partition coefficient (Wildman–Crippen LogP) is 1.27. The molecule has 1 aromatic rings. The lowest BCUT2D eigenvalue weighted by Gasteiger charge is -2.02. The molecule has 0 aliphatic rings. The van der Waals surface area contributed by atoms with Crippen molar-refractivity contribution in [3.63, 3.8) is 0 Å². The van der Waals surface area contributed by atoms with Gasteiger partial charge >= 0.3 is 5.97 Å². The SMILES string of the molecule is CCOC(=O)[C@@H](O)C#Cc1ccccc1C. The first-order valence-corrected chi connectivity index (χ1v) is 5.07. The lowest BCUT2D eigenvalue weighted by atomic mass is 10.1. The van der Waals surface area contributed by atoms with Crippen molar-refractivity contribution in [1.29, 1.82) is 0 Å². The summed E-state index contributed by atoms with van der Waals surface area (Å²) in [5.41, 5.74) is 1.80. The van der Waals surface area contributed by atoms with Crippen LogP contribution in [0.25, 0.3) is 0 Å². The minimum absolute atomic E-state index is 0.238. The highest BCUT2D eigenvalue weighted by atomic mass is 16.5. The first kappa shape index (κ1) is 12.3. The number of aliphatic hydroxyl groups is 1. The third-order valence-electron chi connectivity index (χ3n) is 2.00. The summed E-state index contributed by atoms with van der Waals surface area (Å²) < 4.78 is 4.63. The number of benzene rings is 1.